The van der Waals surface area contributed by atoms with Crippen molar-refractivity contribution in [3.8, 4) is 5.75 Å². The lowest BCUT2D eigenvalue weighted by Crippen LogP contribution is -2.44. The summed E-state index contributed by atoms with van der Waals surface area (Å²) in [5.41, 5.74) is 0. The predicted molar refractivity (Wildman–Crippen MR) is 109 cm³/mol. The Hall–Kier alpha value is -0.780. The summed E-state index contributed by atoms with van der Waals surface area (Å²) in [4.78, 5) is 4.06. The number of rotatable bonds is 8. The van der Waals surface area contributed by atoms with Crippen LogP contribution < -0.4 is 20.1 Å². The molecule has 24 heavy (non-hydrogen) atoms. The molecule has 0 spiro atoms. The summed E-state index contributed by atoms with van der Waals surface area (Å²) in [7, 11) is -1.53. The van der Waals surface area contributed by atoms with Crippen LogP contribution in [0, 0.1) is 0 Å². The van der Waals surface area contributed by atoms with Crippen molar-refractivity contribution in [1.82, 2.24) is 15.4 Å². The van der Waals surface area contributed by atoms with Crippen molar-refractivity contribution in [3.63, 3.8) is 0 Å². The molecule has 0 radical (unpaired) electrons. The van der Waals surface area contributed by atoms with Gasteiger partial charge in [0, 0.05) is 25.2 Å². The summed E-state index contributed by atoms with van der Waals surface area (Å²) in [5, 5.41) is 6.78. The number of guanidine groups is 1. The Morgan fingerprint density at radius 2 is 1.88 bits per heavy atom. The van der Waals surface area contributed by atoms with E-state index in [1.807, 2.05) is 19.1 Å². The van der Waals surface area contributed by atoms with E-state index in [-0.39, 0.29) is 36.6 Å². The van der Waals surface area contributed by atoms with E-state index in [0.717, 1.165) is 12.0 Å². The van der Waals surface area contributed by atoms with Crippen molar-refractivity contribution < 1.29 is 13.2 Å². The van der Waals surface area contributed by atoms with Crippen LogP contribution in [0.3, 0.4) is 0 Å². The Labute approximate surface area is 165 Å². The van der Waals surface area contributed by atoms with Crippen LogP contribution in [0.15, 0.2) is 29.3 Å². The van der Waals surface area contributed by atoms with Crippen LogP contribution in [0.2, 0.25) is 5.02 Å². The highest BCUT2D eigenvalue weighted by Gasteiger charge is 2.06. The average molecular weight is 491 g/mol. The fraction of sp³-hybridized carbons (Fsp3) is 0.500. The van der Waals surface area contributed by atoms with Gasteiger partial charge in [-0.2, -0.15) is 0 Å². The van der Waals surface area contributed by atoms with Crippen LogP contribution in [0.5, 0.6) is 5.75 Å². The first-order valence-electron chi connectivity index (χ1n) is 7.11. The van der Waals surface area contributed by atoms with Crippen molar-refractivity contribution in [1.29, 1.82) is 0 Å². The lowest BCUT2D eigenvalue weighted by atomic mass is 10.3. The van der Waals surface area contributed by atoms with Gasteiger partial charge in [0.15, 0.2) is 5.96 Å². The number of halogens is 2. The van der Waals surface area contributed by atoms with Crippen LogP contribution >= 0.6 is 35.6 Å². The molecule has 0 bridgehead atoms. The monoisotopic (exact) mass is 490 g/mol. The third-order valence-electron chi connectivity index (χ3n) is 2.71. The molecule has 0 fully saturated rings. The first-order chi connectivity index (χ1) is 10.8. The number of nitrogens with one attached hydrogen (secondary N) is 3. The van der Waals surface area contributed by atoms with E-state index in [9.17, 15) is 8.42 Å². The van der Waals surface area contributed by atoms with Crippen LogP contribution in [0.1, 0.15) is 6.92 Å². The van der Waals surface area contributed by atoms with Gasteiger partial charge in [-0.3, -0.25) is 4.99 Å². The Morgan fingerprint density at radius 1 is 1.25 bits per heavy atom. The molecule has 0 heterocycles. The van der Waals surface area contributed by atoms with Crippen molar-refractivity contribution in [2.75, 3.05) is 32.9 Å². The number of sulfonamides is 1. The minimum Gasteiger partial charge on any atom is -0.489 e. The second-order valence-corrected chi connectivity index (χ2v) is 7.20. The minimum atomic E-state index is -3.17. The number of benzene rings is 1. The molecule has 1 atom stereocenters. The zero-order chi connectivity index (χ0) is 17.3. The highest BCUT2D eigenvalue weighted by molar-refractivity contribution is 14.0. The molecule has 1 rings (SSSR count). The number of aliphatic imine (C=N–C) groups is 1. The van der Waals surface area contributed by atoms with E-state index in [4.69, 9.17) is 16.3 Å². The summed E-state index contributed by atoms with van der Waals surface area (Å²) >= 11 is 5.82. The van der Waals surface area contributed by atoms with Crippen molar-refractivity contribution in [2.24, 2.45) is 4.99 Å². The molecule has 7 nitrogen and oxygen atoms in total. The van der Waals surface area contributed by atoms with Gasteiger partial charge in [0.25, 0.3) is 0 Å². The molecule has 3 N–H and O–H groups in total. The Morgan fingerprint density at radius 3 is 2.42 bits per heavy atom. The normalized spacial score (nSPS) is 12.9. The quantitative estimate of drug-likeness (QED) is 0.222. The molecule has 0 saturated heterocycles. The van der Waals surface area contributed by atoms with Gasteiger partial charge in [0.05, 0.1) is 12.8 Å². The minimum absolute atomic E-state index is 0. The van der Waals surface area contributed by atoms with E-state index in [0.29, 0.717) is 24.1 Å². The van der Waals surface area contributed by atoms with Gasteiger partial charge in [0.2, 0.25) is 10.0 Å². The molecule has 0 aliphatic rings. The van der Waals surface area contributed by atoms with E-state index < -0.39 is 10.0 Å². The number of hydrogen-bond acceptors (Lipinski definition) is 4. The van der Waals surface area contributed by atoms with Crippen LogP contribution in [0.25, 0.3) is 0 Å². The second-order valence-electron chi connectivity index (χ2n) is 4.93. The van der Waals surface area contributed by atoms with Crippen LogP contribution in [0.4, 0.5) is 0 Å². The van der Waals surface area contributed by atoms with Gasteiger partial charge >= 0.3 is 0 Å². The first-order valence-corrected chi connectivity index (χ1v) is 9.38. The topological polar surface area (TPSA) is 91.8 Å². The first kappa shape index (κ1) is 23.2. The predicted octanol–water partition coefficient (Wildman–Crippen LogP) is 1.44. The fourth-order valence-electron chi connectivity index (χ4n) is 1.67. The molecule has 1 unspecified atom stereocenters. The maximum atomic E-state index is 10.9. The van der Waals surface area contributed by atoms with Crippen molar-refractivity contribution in [3.05, 3.63) is 29.3 Å². The van der Waals surface area contributed by atoms with Crippen LogP contribution in [-0.2, 0) is 10.0 Å². The lowest BCUT2D eigenvalue weighted by Gasteiger charge is -2.17. The van der Waals surface area contributed by atoms with Gasteiger partial charge in [-0.05, 0) is 31.2 Å². The molecule has 0 saturated carbocycles. The van der Waals surface area contributed by atoms with Gasteiger partial charge in [-0.15, -0.1) is 24.0 Å². The largest absolute Gasteiger partial charge is 0.489 e. The van der Waals surface area contributed by atoms with Crippen LogP contribution in [-0.4, -0.2) is 53.4 Å². The number of ether oxygens (including phenoxy) is 1. The van der Waals surface area contributed by atoms with Crippen molar-refractivity contribution in [2.45, 2.75) is 13.0 Å². The standard InChI is InChI=1S/C14H23ClN4O3S.HI/c1-11(22-13-6-4-12(15)5-7-13)10-18-14(16-2)17-8-9-19-23(3,20)21;/h4-7,11,19H,8-10H2,1-3H3,(H2,16,17,18);1H. The molecule has 138 valence electrons. The molecule has 0 aliphatic carbocycles. The Bertz CT molecular complexity index is 611. The number of nitrogens with zero attached hydrogens (tertiary/aromatic N) is 1. The lowest BCUT2D eigenvalue weighted by molar-refractivity contribution is 0.224. The Kier molecular flexibility index (Phi) is 11.3. The summed E-state index contributed by atoms with van der Waals surface area (Å²) < 4.78 is 30.0. The maximum absolute atomic E-state index is 10.9. The van der Waals surface area contributed by atoms with Gasteiger partial charge in [-0.25, -0.2) is 13.1 Å². The van der Waals surface area contributed by atoms with E-state index >= 15 is 0 Å². The number of hydrogen-bond donors (Lipinski definition) is 3. The smallest absolute Gasteiger partial charge is 0.208 e. The van der Waals surface area contributed by atoms with E-state index in [1.165, 1.54) is 0 Å². The molecule has 0 aromatic heterocycles. The third-order valence-corrected chi connectivity index (χ3v) is 3.69. The fourth-order valence-corrected chi connectivity index (χ4v) is 2.26. The molecular formula is C14H24ClIN4O3S. The maximum Gasteiger partial charge on any atom is 0.208 e. The summed E-state index contributed by atoms with van der Waals surface area (Å²) in [5.74, 6) is 1.32. The third kappa shape index (κ3) is 10.9. The summed E-state index contributed by atoms with van der Waals surface area (Å²) in [6, 6.07) is 7.16. The van der Waals surface area contributed by atoms with E-state index in [1.54, 1.807) is 19.2 Å². The van der Waals surface area contributed by atoms with Gasteiger partial charge in [-0.1, -0.05) is 11.6 Å². The Balaban J connectivity index is 0.00000529. The summed E-state index contributed by atoms with van der Waals surface area (Å²) in [6.07, 6.45) is 1.04. The average Bonchev–Trinajstić information content (AvgIpc) is 2.48. The molecule has 1 aromatic carbocycles. The molecule has 1 aromatic rings. The second kappa shape index (κ2) is 11.7. The summed E-state index contributed by atoms with van der Waals surface area (Å²) in [6.45, 7) is 3.19. The van der Waals surface area contributed by atoms with Crippen molar-refractivity contribution >= 4 is 51.6 Å². The SMILES string of the molecule is CN=C(NCCNS(C)(=O)=O)NCC(C)Oc1ccc(Cl)cc1.I. The molecule has 0 aliphatic heterocycles. The highest BCUT2D eigenvalue weighted by atomic mass is 127. The zero-order valence-electron chi connectivity index (χ0n) is 13.9. The highest BCUT2D eigenvalue weighted by Crippen LogP contribution is 2.16. The molecular weight excluding hydrogens is 467 g/mol. The molecule has 10 heteroatoms. The van der Waals surface area contributed by atoms with Gasteiger partial charge in [0.1, 0.15) is 11.9 Å². The van der Waals surface area contributed by atoms with E-state index in [2.05, 4.69) is 20.3 Å². The van der Waals surface area contributed by atoms with Gasteiger partial charge < -0.3 is 15.4 Å². The zero-order valence-corrected chi connectivity index (χ0v) is 17.8. The molecule has 0 amide bonds.